The third kappa shape index (κ3) is 6.11. The smallest absolute Gasteiger partial charge is 0.254 e. The minimum atomic E-state index is -0.287. The van der Waals surface area contributed by atoms with Crippen molar-refractivity contribution in [1.82, 2.24) is 19.8 Å². The van der Waals surface area contributed by atoms with Crippen LogP contribution in [-0.2, 0) is 12.8 Å². The van der Waals surface area contributed by atoms with Crippen LogP contribution in [0.1, 0.15) is 63.9 Å². The number of ether oxygens (including phenoxy) is 1. The van der Waals surface area contributed by atoms with Crippen LogP contribution in [0.25, 0.3) is 11.1 Å². The van der Waals surface area contributed by atoms with E-state index in [-0.39, 0.29) is 18.6 Å². The van der Waals surface area contributed by atoms with Gasteiger partial charge in [-0.25, -0.2) is 0 Å². The average Bonchev–Trinajstić information content (AvgIpc) is 2.93. The summed E-state index contributed by atoms with van der Waals surface area (Å²) in [6.07, 6.45) is 4.90. The zero-order valence-electron chi connectivity index (χ0n) is 23.5. The predicted octanol–water partition coefficient (Wildman–Crippen LogP) is 4.26. The lowest BCUT2D eigenvalue weighted by Crippen LogP contribution is -2.40. The number of aliphatic hydroxyl groups excluding tert-OH is 1. The third-order valence-electron chi connectivity index (χ3n) is 7.40. The van der Waals surface area contributed by atoms with Gasteiger partial charge in [0.2, 0.25) is 0 Å². The molecular weight excluding hydrogens is 490 g/mol. The molecule has 1 N–H and O–H groups in total. The summed E-state index contributed by atoms with van der Waals surface area (Å²) in [5.74, 6) is 0.463. The molecule has 204 valence electrons. The van der Waals surface area contributed by atoms with E-state index in [4.69, 9.17) is 4.74 Å². The second kappa shape index (κ2) is 12.4. The van der Waals surface area contributed by atoms with Gasteiger partial charge < -0.3 is 19.6 Å². The highest BCUT2D eigenvalue weighted by Gasteiger charge is 2.32. The third-order valence-corrected chi connectivity index (χ3v) is 7.40. The van der Waals surface area contributed by atoms with Gasteiger partial charge in [0.15, 0.2) is 0 Å². The molecule has 0 saturated heterocycles. The number of likely N-dealkylation sites (N-methyl/N-ethyl adjacent to an activating group) is 1. The second-order valence-corrected chi connectivity index (χ2v) is 10.2. The summed E-state index contributed by atoms with van der Waals surface area (Å²) in [6.45, 7) is 10.4. The van der Waals surface area contributed by atoms with Crippen molar-refractivity contribution in [1.29, 1.82) is 5.26 Å². The Morgan fingerprint density at radius 1 is 1.13 bits per heavy atom. The normalized spacial score (nSPS) is 13.8. The molecule has 1 aromatic carbocycles. The molecule has 0 fully saturated rings. The number of pyridine rings is 2. The summed E-state index contributed by atoms with van der Waals surface area (Å²) in [4.78, 5) is 27.0. The Bertz CT molecular complexity index is 1400. The van der Waals surface area contributed by atoms with E-state index >= 15 is 0 Å². The lowest BCUT2D eigenvalue weighted by molar-refractivity contribution is 0.0669. The van der Waals surface area contributed by atoms with Gasteiger partial charge in [-0.1, -0.05) is 6.07 Å². The van der Waals surface area contributed by atoms with Crippen LogP contribution in [0.5, 0.6) is 5.75 Å². The van der Waals surface area contributed by atoms with Crippen LogP contribution in [0.2, 0.25) is 0 Å². The predicted molar refractivity (Wildman–Crippen MR) is 151 cm³/mol. The van der Waals surface area contributed by atoms with Crippen molar-refractivity contribution in [3.8, 4) is 22.9 Å². The van der Waals surface area contributed by atoms with E-state index in [0.717, 1.165) is 58.5 Å². The molecule has 3 aromatic rings. The van der Waals surface area contributed by atoms with E-state index in [1.807, 2.05) is 45.0 Å². The van der Waals surface area contributed by atoms with E-state index in [9.17, 15) is 15.2 Å². The summed E-state index contributed by atoms with van der Waals surface area (Å²) < 4.78 is 5.66. The molecule has 1 aliphatic rings. The standard InChI is InChI=1S/C31H37N5O3/c1-6-39-30-16-29(34-19-24(30)17-32)22(4)36-10-8-25-27(26-13-21(3)33-18-20(26)2)14-23(15-28(25)31(36)38)7-9-35(5)11-12-37/h13-16,18-19,22,37H,6-12H2,1-5H3/t22-/m0/s1. The fourth-order valence-electron chi connectivity index (χ4n) is 5.15. The van der Waals surface area contributed by atoms with E-state index in [1.54, 1.807) is 6.07 Å². The maximum atomic E-state index is 14.1. The Morgan fingerprint density at radius 3 is 2.62 bits per heavy atom. The van der Waals surface area contributed by atoms with Crippen molar-refractivity contribution in [2.45, 2.75) is 46.6 Å². The summed E-state index contributed by atoms with van der Waals surface area (Å²) in [7, 11) is 1.99. The van der Waals surface area contributed by atoms with Gasteiger partial charge in [0.25, 0.3) is 5.91 Å². The molecule has 1 amide bonds. The first-order valence-electron chi connectivity index (χ1n) is 13.5. The van der Waals surface area contributed by atoms with Crippen molar-refractivity contribution in [3.05, 3.63) is 75.9 Å². The highest BCUT2D eigenvalue weighted by Crippen LogP contribution is 2.36. The van der Waals surface area contributed by atoms with Crippen molar-refractivity contribution in [2.75, 3.05) is 39.9 Å². The van der Waals surface area contributed by atoms with Gasteiger partial charge in [-0.05, 0) is 87.5 Å². The average molecular weight is 528 g/mol. The molecule has 0 radical (unpaired) electrons. The molecule has 8 heteroatoms. The number of fused-ring (bicyclic) bond motifs is 1. The van der Waals surface area contributed by atoms with E-state index in [1.165, 1.54) is 6.20 Å². The summed E-state index contributed by atoms with van der Waals surface area (Å²) in [5, 5.41) is 18.7. The maximum Gasteiger partial charge on any atom is 0.254 e. The molecule has 0 saturated carbocycles. The topological polar surface area (TPSA) is 103 Å². The van der Waals surface area contributed by atoms with Gasteiger partial charge in [-0.15, -0.1) is 0 Å². The molecule has 0 aliphatic carbocycles. The molecular formula is C31H37N5O3. The van der Waals surface area contributed by atoms with Crippen molar-refractivity contribution in [3.63, 3.8) is 0 Å². The van der Waals surface area contributed by atoms with Crippen LogP contribution in [0.15, 0.2) is 36.7 Å². The maximum absolute atomic E-state index is 14.1. The minimum Gasteiger partial charge on any atom is -0.492 e. The number of carbonyl (C=O) groups excluding carboxylic acids is 1. The van der Waals surface area contributed by atoms with Crippen molar-refractivity contribution in [2.24, 2.45) is 0 Å². The number of hydrogen-bond donors (Lipinski definition) is 1. The van der Waals surface area contributed by atoms with Gasteiger partial charge in [0.1, 0.15) is 17.4 Å². The van der Waals surface area contributed by atoms with Crippen LogP contribution >= 0.6 is 0 Å². The summed E-state index contributed by atoms with van der Waals surface area (Å²) >= 11 is 0. The summed E-state index contributed by atoms with van der Waals surface area (Å²) in [6, 6.07) is 9.96. The number of hydrogen-bond acceptors (Lipinski definition) is 7. The van der Waals surface area contributed by atoms with Gasteiger partial charge in [0.05, 0.1) is 24.9 Å². The van der Waals surface area contributed by atoms with Crippen molar-refractivity contribution < 1.29 is 14.6 Å². The zero-order chi connectivity index (χ0) is 28.1. The number of aryl methyl sites for hydroxylation is 2. The minimum absolute atomic E-state index is 0.0249. The Kier molecular flexibility index (Phi) is 8.95. The van der Waals surface area contributed by atoms with Gasteiger partial charge >= 0.3 is 0 Å². The number of aromatic nitrogens is 2. The number of amides is 1. The number of nitrogens with zero attached hydrogens (tertiary/aromatic N) is 5. The molecule has 8 nitrogen and oxygen atoms in total. The molecule has 0 unspecified atom stereocenters. The van der Waals surface area contributed by atoms with Crippen LogP contribution in [-0.4, -0.2) is 70.7 Å². The van der Waals surface area contributed by atoms with Crippen molar-refractivity contribution >= 4 is 5.91 Å². The Labute approximate surface area is 230 Å². The van der Waals surface area contributed by atoms with E-state index in [2.05, 4.69) is 40.0 Å². The van der Waals surface area contributed by atoms with Crippen LogP contribution < -0.4 is 4.74 Å². The Hall–Kier alpha value is -3.80. The number of rotatable bonds is 10. The SMILES string of the molecule is CCOc1cc([C@H](C)N2CCc3c(cc(CCN(C)CCO)cc3-c3cc(C)ncc3C)C2=O)ncc1C#N. The highest BCUT2D eigenvalue weighted by molar-refractivity contribution is 5.99. The molecule has 0 spiro atoms. The van der Waals surface area contributed by atoms with Crippen LogP contribution in [0.4, 0.5) is 0 Å². The lowest BCUT2D eigenvalue weighted by Gasteiger charge is -2.35. The van der Waals surface area contributed by atoms with Gasteiger partial charge in [0, 0.05) is 49.4 Å². The first-order chi connectivity index (χ1) is 18.8. The number of aliphatic hydroxyl groups is 1. The van der Waals surface area contributed by atoms with Gasteiger partial charge in [-0.3, -0.25) is 14.8 Å². The number of benzene rings is 1. The molecule has 4 rings (SSSR count). The highest BCUT2D eigenvalue weighted by atomic mass is 16.5. The lowest BCUT2D eigenvalue weighted by atomic mass is 9.86. The molecule has 1 atom stereocenters. The van der Waals surface area contributed by atoms with Gasteiger partial charge in [-0.2, -0.15) is 5.26 Å². The summed E-state index contributed by atoms with van der Waals surface area (Å²) in [5.41, 5.74) is 8.15. The molecule has 3 heterocycles. The van der Waals surface area contributed by atoms with Crippen LogP contribution in [0.3, 0.4) is 0 Å². The Morgan fingerprint density at radius 2 is 1.90 bits per heavy atom. The number of carbonyl (C=O) groups is 1. The largest absolute Gasteiger partial charge is 0.492 e. The zero-order valence-corrected chi connectivity index (χ0v) is 23.5. The Balaban J connectivity index is 1.74. The molecule has 39 heavy (non-hydrogen) atoms. The quantitative estimate of drug-likeness (QED) is 0.420. The fourth-order valence-corrected chi connectivity index (χ4v) is 5.15. The molecule has 2 aromatic heterocycles. The molecule has 0 bridgehead atoms. The fraction of sp³-hybridized carbons (Fsp3) is 0.419. The second-order valence-electron chi connectivity index (χ2n) is 10.2. The number of nitriles is 1. The first kappa shape index (κ1) is 28.2. The monoisotopic (exact) mass is 527 g/mol. The van der Waals surface area contributed by atoms with E-state index in [0.29, 0.717) is 36.7 Å². The molecule has 1 aliphatic heterocycles. The van der Waals surface area contributed by atoms with E-state index < -0.39 is 0 Å². The van der Waals surface area contributed by atoms with Crippen LogP contribution in [0, 0.1) is 25.2 Å². The first-order valence-corrected chi connectivity index (χ1v) is 13.5.